The number of aliphatic hydroxyl groups is 1. The van der Waals surface area contributed by atoms with E-state index in [4.69, 9.17) is 14.2 Å². The Balaban J connectivity index is 1.11. The molecule has 0 bridgehead atoms. The summed E-state index contributed by atoms with van der Waals surface area (Å²) in [4.78, 5) is 15.4. The van der Waals surface area contributed by atoms with Gasteiger partial charge in [0.15, 0.2) is 11.5 Å². The van der Waals surface area contributed by atoms with Crippen molar-refractivity contribution in [1.82, 2.24) is 14.7 Å². The van der Waals surface area contributed by atoms with Gasteiger partial charge in [-0.15, -0.1) is 0 Å². The van der Waals surface area contributed by atoms with Crippen LogP contribution in [0.2, 0.25) is 0 Å². The smallest absolute Gasteiger partial charge is 0.231 e. The second-order valence-electron chi connectivity index (χ2n) is 9.42. The first-order valence-corrected chi connectivity index (χ1v) is 11.1. The highest BCUT2D eigenvalue weighted by atomic mass is 16.7. The maximum atomic E-state index is 13.3. The Hall–Kier alpha value is -2.74. The van der Waals surface area contributed by atoms with E-state index in [0.717, 1.165) is 32.4 Å². The van der Waals surface area contributed by atoms with Crippen LogP contribution in [0, 0.1) is 17.3 Å². The number of carbonyl (C=O) groups excluding carboxylic acids is 1. The van der Waals surface area contributed by atoms with Crippen molar-refractivity contribution in [2.45, 2.75) is 44.4 Å². The molecule has 1 saturated heterocycles. The van der Waals surface area contributed by atoms with Crippen molar-refractivity contribution in [3.8, 4) is 17.2 Å². The molecule has 4 aliphatic rings. The second-order valence-corrected chi connectivity index (χ2v) is 9.42. The highest BCUT2D eigenvalue weighted by Crippen LogP contribution is 2.50. The van der Waals surface area contributed by atoms with Crippen LogP contribution >= 0.6 is 0 Å². The summed E-state index contributed by atoms with van der Waals surface area (Å²) in [5.74, 6) is 2.99. The fraction of sp³-hybridized carbons (Fsp3) is 0.565. The third-order valence-electron chi connectivity index (χ3n) is 7.33. The molecule has 8 nitrogen and oxygen atoms in total. The molecule has 3 heterocycles. The Morgan fingerprint density at radius 3 is 2.77 bits per heavy atom. The van der Waals surface area contributed by atoms with Gasteiger partial charge < -0.3 is 24.2 Å². The molecular formula is C23H27N3O5. The summed E-state index contributed by atoms with van der Waals surface area (Å²) in [6.45, 7) is 2.36. The van der Waals surface area contributed by atoms with E-state index < -0.39 is 6.10 Å². The number of rotatable bonds is 5. The minimum atomic E-state index is -0.541. The highest BCUT2D eigenvalue weighted by Gasteiger charge is 2.54. The zero-order chi connectivity index (χ0) is 21.0. The normalized spacial score (nSPS) is 30.2. The molecule has 1 N–H and O–H groups in total. The first-order chi connectivity index (χ1) is 15.1. The molecule has 8 heteroatoms. The zero-order valence-electron chi connectivity index (χ0n) is 17.4. The lowest BCUT2D eigenvalue weighted by Crippen LogP contribution is -2.42. The van der Waals surface area contributed by atoms with Gasteiger partial charge in [0.05, 0.1) is 18.1 Å². The Kier molecular flexibility index (Phi) is 4.38. The van der Waals surface area contributed by atoms with Crippen molar-refractivity contribution in [1.29, 1.82) is 0 Å². The molecular weight excluding hydrogens is 398 g/mol. The monoisotopic (exact) mass is 425 g/mol. The topological polar surface area (TPSA) is 86.0 Å². The lowest BCUT2D eigenvalue weighted by molar-refractivity contribution is -0.136. The number of amides is 1. The van der Waals surface area contributed by atoms with E-state index in [-0.39, 0.29) is 24.2 Å². The van der Waals surface area contributed by atoms with Crippen LogP contribution in [0.3, 0.4) is 0 Å². The fourth-order valence-corrected chi connectivity index (χ4v) is 5.44. The molecule has 2 aromatic rings. The van der Waals surface area contributed by atoms with Gasteiger partial charge in [-0.25, -0.2) is 0 Å². The first-order valence-electron chi connectivity index (χ1n) is 11.1. The average Bonchev–Trinajstić information content (AvgIpc) is 3.14. The number of aliphatic hydroxyl groups excluding tert-OH is 1. The van der Waals surface area contributed by atoms with Gasteiger partial charge in [0.1, 0.15) is 11.9 Å². The third-order valence-corrected chi connectivity index (χ3v) is 7.33. The molecule has 0 radical (unpaired) electrons. The number of nitrogens with zero attached hydrogens (tertiary/aromatic N) is 3. The van der Waals surface area contributed by atoms with E-state index in [1.165, 1.54) is 0 Å². The van der Waals surface area contributed by atoms with Crippen LogP contribution < -0.4 is 14.2 Å². The number of likely N-dealkylation sites (tertiary alicyclic amines) is 1. The van der Waals surface area contributed by atoms with E-state index in [1.54, 1.807) is 6.20 Å². The predicted octanol–water partition coefficient (Wildman–Crippen LogP) is 2.07. The molecule has 2 aliphatic heterocycles. The van der Waals surface area contributed by atoms with Crippen LogP contribution in [0.4, 0.5) is 0 Å². The van der Waals surface area contributed by atoms with E-state index in [0.29, 0.717) is 42.0 Å². The first kappa shape index (κ1) is 19.0. The summed E-state index contributed by atoms with van der Waals surface area (Å²) in [7, 11) is 0. The molecule has 4 atom stereocenters. The molecule has 2 aliphatic carbocycles. The maximum Gasteiger partial charge on any atom is 0.231 e. The molecule has 6 rings (SSSR count). The van der Waals surface area contributed by atoms with E-state index in [1.807, 2.05) is 40.0 Å². The number of carbonyl (C=O) groups is 1. The van der Waals surface area contributed by atoms with Crippen molar-refractivity contribution in [2.75, 3.05) is 19.9 Å². The van der Waals surface area contributed by atoms with Gasteiger partial charge in [-0.3, -0.25) is 9.48 Å². The molecule has 164 valence electrons. The van der Waals surface area contributed by atoms with Crippen LogP contribution in [0.1, 0.15) is 25.7 Å². The number of aromatic nitrogens is 2. The largest absolute Gasteiger partial charge is 0.488 e. The number of fused-ring (bicyclic) bond motifs is 2. The van der Waals surface area contributed by atoms with Crippen molar-refractivity contribution in [3.63, 3.8) is 0 Å². The summed E-state index contributed by atoms with van der Waals surface area (Å²) in [5.41, 5.74) is -0.291. The minimum absolute atomic E-state index is 0.223. The predicted molar refractivity (Wildman–Crippen MR) is 110 cm³/mol. The Bertz CT molecular complexity index is 974. The Labute approximate surface area is 180 Å². The summed E-state index contributed by atoms with van der Waals surface area (Å²) in [5, 5.41) is 15.0. The summed E-state index contributed by atoms with van der Waals surface area (Å²) < 4.78 is 18.8. The lowest BCUT2D eigenvalue weighted by Gasteiger charge is -2.35. The number of benzene rings is 1. The molecule has 1 amide bonds. The molecule has 0 unspecified atom stereocenters. The minimum Gasteiger partial charge on any atom is -0.488 e. The fourth-order valence-electron chi connectivity index (χ4n) is 5.44. The Morgan fingerprint density at radius 1 is 1.19 bits per heavy atom. The van der Waals surface area contributed by atoms with E-state index >= 15 is 0 Å². The standard InChI is InChI=1S/C23H27N3O5/c27-18-8-15-11-25(22(28)23(4-5-23)13-26-7-1-6-24-26)12-16(15)9-20(18)31-17-2-3-19-21(10-17)30-14-29-19/h1-3,6-7,10,15-16,18,20,27H,4-5,8-9,11-14H2/t15-,16+,18+,20+/m0/s1. The van der Waals surface area contributed by atoms with Crippen molar-refractivity contribution < 1.29 is 24.1 Å². The second kappa shape index (κ2) is 7.15. The van der Waals surface area contributed by atoms with E-state index in [9.17, 15) is 9.90 Å². The maximum absolute atomic E-state index is 13.3. The van der Waals surface area contributed by atoms with Crippen LogP contribution in [0.15, 0.2) is 36.7 Å². The highest BCUT2D eigenvalue weighted by molar-refractivity contribution is 5.85. The average molecular weight is 425 g/mol. The summed E-state index contributed by atoms with van der Waals surface area (Å²) >= 11 is 0. The van der Waals surface area contributed by atoms with Crippen molar-refractivity contribution in [2.24, 2.45) is 17.3 Å². The van der Waals surface area contributed by atoms with Crippen LogP contribution in [-0.4, -0.2) is 57.8 Å². The summed E-state index contributed by atoms with van der Waals surface area (Å²) in [6, 6.07) is 7.40. The molecule has 31 heavy (non-hydrogen) atoms. The quantitative estimate of drug-likeness (QED) is 0.789. The third kappa shape index (κ3) is 3.43. The molecule has 2 saturated carbocycles. The molecule has 1 aromatic heterocycles. The zero-order valence-corrected chi connectivity index (χ0v) is 17.4. The van der Waals surface area contributed by atoms with Gasteiger partial charge in [-0.05, 0) is 55.7 Å². The van der Waals surface area contributed by atoms with Gasteiger partial charge >= 0.3 is 0 Å². The number of ether oxygens (including phenoxy) is 3. The molecule has 0 spiro atoms. The van der Waals surface area contributed by atoms with Gasteiger partial charge in [-0.1, -0.05) is 0 Å². The van der Waals surface area contributed by atoms with Gasteiger partial charge in [0.2, 0.25) is 12.7 Å². The van der Waals surface area contributed by atoms with Gasteiger partial charge in [-0.2, -0.15) is 5.10 Å². The molecule has 3 fully saturated rings. The van der Waals surface area contributed by atoms with Crippen molar-refractivity contribution >= 4 is 5.91 Å². The lowest BCUT2D eigenvalue weighted by atomic mass is 9.78. The Morgan fingerprint density at radius 2 is 2.00 bits per heavy atom. The number of hydrogen-bond acceptors (Lipinski definition) is 6. The van der Waals surface area contributed by atoms with Crippen LogP contribution in [0.25, 0.3) is 0 Å². The van der Waals surface area contributed by atoms with Gasteiger partial charge in [0, 0.05) is 31.5 Å². The van der Waals surface area contributed by atoms with Gasteiger partial charge in [0.25, 0.3) is 0 Å². The van der Waals surface area contributed by atoms with E-state index in [2.05, 4.69) is 5.10 Å². The van der Waals surface area contributed by atoms with Crippen LogP contribution in [0.5, 0.6) is 17.2 Å². The summed E-state index contributed by atoms with van der Waals surface area (Å²) in [6.07, 6.45) is 6.12. The number of hydrogen-bond donors (Lipinski definition) is 1. The SMILES string of the molecule is O=C(N1C[C@H]2C[C@@H](Oc3ccc4c(c3)OCO4)[C@H](O)C[C@H]2C1)C1(Cn2cccn2)CC1. The molecule has 1 aromatic carbocycles. The van der Waals surface area contributed by atoms with Crippen molar-refractivity contribution in [3.05, 3.63) is 36.7 Å². The van der Waals surface area contributed by atoms with Crippen LogP contribution in [-0.2, 0) is 11.3 Å².